The van der Waals surface area contributed by atoms with Gasteiger partial charge in [0.15, 0.2) is 11.5 Å². The molecule has 0 spiro atoms. The van der Waals surface area contributed by atoms with E-state index in [1.165, 1.54) is 11.1 Å². The van der Waals surface area contributed by atoms with E-state index >= 15 is 0 Å². The second-order valence-corrected chi connectivity index (χ2v) is 5.95. The van der Waals surface area contributed by atoms with E-state index < -0.39 is 0 Å². The number of hydrogen-bond donors (Lipinski definition) is 1. The van der Waals surface area contributed by atoms with Gasteiger partial charge in [0.1, 0.15) is 6.61 Å². The number of rotatable bonds is 5. The topological polar surface area (TPSA) is 44.5 Å². The summed E-state index contributed by atoms with van der Waals surface area (Å²) in [5, 5.41) is 0. The zero-order valence-corrected chi connectivity index (χ0v) is 14.2. The molecule has 2 N–H and O–H groups in total. The summed E-state index contributed by atoms with van der Waals surface area (Å²) in [7, 11) is 1.63. The van der Waals surface area contributed by atoms with E-state index in [1.807, 2.05) is 12.1 Å². The summed E-state index contributed by atoms with van der Waals surface area (Å²) in [6.07, 6.45) is 0. The summed E-state index contributed by atoms with van der Waals surface area (Å²) in [6.45, 7) is 5.14. The standard InChI is InChI=1S/C17H20BrNO2/c1-11-4-12(2)6-14(5-11)10-21-17-15(18)7-13(9-19)8-16(17)20-3/h4-8H,9-10,19H2,1-3H3. The number of ether oxygens (including phenoxy) is 2. The second-order valence-electron chi connectivity index (χ2n) is 5.10. The summed E-state index contributed by atoms with van der Waals surface area (Å²) in [5.41, 5.74) is 10.3. The SMILES string of the molecule is COc1cc(CN)cc(Br)c1OCc1cc(C)cc(C)c1. The molecule has 112 valence electrons. The lowest BCUT2D eigenvalue weighted by Gasteiger charge is -2.14. The Kier molecular flexibility index (Phi) is 5.26. The first-order valence-corrected chi connectivity index (χ1v) is 7.59. The van der Waals surface area contributed by atoms with Crippen LogP contribution in [0.4, 0.5) is 0 Å². The van der Waals surface area contributed by atoms with Crippen LogP contribution < -0.4 is 15.2 Å². The van der Waals surface area contributed by atoms with Crippen molar-refractivity contribution in [3.05, 3.63) is 57.1 Å². The molecule has 0 aliphatic carbocycles. The normalized spacial score (nSPS) is 10.5. The highest BCUT2D eigenvalue weighted by atomic mass is 79.9. The third-order valence-corrected chi connectivity index (χ3v) is 3.78. The molecule has 0 amide bonds. The van der Waals surface area contributed by atoms with Crippen LogP contribution >= 0.6 is 15.9 Å². The molecular weight excluding hydrogens is 330 g/mol. The Morgan fingerprint density at radius 3 is 2.24 bits per heavy atom. The lowest BCUT2D eigenvalue weighted by Crippen LogP contribution is -2.02. The molecule has 0 heterocycles. The maximum absolute atomic E-state index is 5.94. The van der Waals surface area contributed by atoms with Gasteiger partial charge in [0.25, 0.3) is 0 Å². The Morgan fingerprint density at radius 1 is 1.00 bits per heavy atom. The molecule has 0 radical (unpaired) electrons. The van der Waals surface area contributed by atoms with Crippen LogP contribution in [0.15, 0.2) is 34.8 Å². The molecule has 0 aliphatic heterocycles. The zero-order valence-electron chi connectivity index (χ0n) is 12.6. The van der Waals surface area contributed by atoms with Crippen molar-refractivity contribution in [2.24, 2.45) is 5.73 Å². The summed E-state index contributed by atoms with van der Waals surface area (Å²) >= 11 is 3.52. The highest BCUT2D eigenvalue weighted by Gasteiger charge is 2.11. The van der Waals surface area contributed by atoms with E-state index in [9.17, 15) is 0 Å². The third kappa shape index (κ3) is 3.99. The quantitative estimate of drug-likeness (QED) is 0.883. The molecule has 0 aliphatic rings. The first-order valence-electron chi connectivity index (χ1n) is 6.80. The van der Waals surface area contributed by atoms with E-state index in [4.69, 9.17) is 15.2 Å². The van der Waals surface area contributed by atoms with Gasteiger partial charge in [0, 0.05) is 6.54 Å². The fraction of sp³-hybridized carbons (Fsp3) is 0.294. The summed E-state index contributed by atoms with van der Waals surface area (Å²) < 4.78 is 12.2. The second kappa shape index (κ2) is 6.96. The molecule has 0 fully saturated rings. The number of hydrogen-bond acceptors (Lipinski definition) is 3. The van der Waals surface area contributed by atoms with E-state index in [0.717, 1.165) is 15.6 Å². The van der Waals surface area contributed by atoms with Crippen molar-refractivity contribution >= 4 is 15.9 Å². The summed E-state index contributed by atoms with van der Waals surface area (Å²) in [4.78, 5) is 0. The van der Waals surface area contributed by atoms with Crippen molar-refractivity contribution in [3.8, 4) is 11.5 Å². The molecule has 0 saturated heterocycles. The fourth-order valence-corrected chi connectivity index (χ4v) is 2.94. The van der Waals surface area contributed by atoms with Gasteiger partial charge < -0.3 is 15.2 Å². The lowest BCUT2D eigenvalue weighted by atomic mass is 10.1. The van der Waals surface area contributed by atoms with Gasteiger partial charge in [0.05, 0.1) is 11.6 Å². The van der Waals surface area contributed by atoms with E-state index in [1.54, 1.807) is 7.11 Å². The van der Waals surface area contributed by atoms with E-state index in [0.29, 0.717) is 24.7 Å². The maximum Gasteiger partial charge on any atom is 0.175 e. The molecule has 3 nitrogen and oxygen atoms in total. The number of aryl methyl sites for hydroxylation is 2. The molecule has 21 heavy (non-hydrogen) atoms. The van der Waals surface area contributed by atoms with Gasteiger partial charge in [-0.15, -0.1) is 0 Å². The van der Waals surface area contributed by atoms with Crippen LogP contribution in [-0.2, 0) is 13.2 Å². The lowest BCUT2D eigenvalue weighted by molar-refractivity contribution is 0.282. The molecule has 2 rings (SSSR count). The van der Waals surface area contributed by atoms with Crippen LogP contribution in [0.25, 0.3) is 0 Å². The predicted octanol–water partition coefficient (Wildman–Crippen LogP) is 4.11. The molecule has 0 bridgehead atoms. The largest absolute Gasteiger partial charge is 0.493 e. The molecule has 0 unspecified atom stereocenters. The van der Waals surface area contributed by atoms with Crippen LogP contribution in [0.5, 0.6) is 11.5 Å². The molecule has 0 atom stereocenters. The highest BCUT2D eigenvalue weighted by molar-refractivity contribution is 9.10. The highest BCUT2D eigenvalue weighted by Crippen LogP contribution is 2.37. The number of benzene rings is 2. The van der Waals surface area contributed by atoms with Crippen molar-refractivity contribution in [3.63, 3.8) is 0 Å². The van der Waals surface area contributed by atoms with Gasteiger partial charge in [-0.2, -0.15) is 0 Å². The summed E-state index contributed by atoms with van der Waals surface area (Å²) in [5.74, 6) is 1.39. The van der Waals surface area contributed by atoms with Gasteiger partial charge in [0.2, 0.25) is 0 Å². The van der Waals surface area contributed by atoms with Gasteiger partial charge in [-0.05, 0) is 53.0 Å². The van der Waals surface area contributed by atoms with Gasteiger partial charge in [-0.1, -0.05) is 29.3 Å². The Morgan fingerprint density at radius 2 is 1.67 bits per heavy atom. The first-order chi connectivity index (χ1) is 10.0. The smallest absolute Gasteiger partial charge is 0.175 e. The average Bonchev–Trinajstić information content (AvgIpc) is 2.44. The molecule has 2 aromatic carbocycles. The van der Waals surface area contributed by atoms with Gasteiger partial charge in [-0.25, -0.2) is 0 Å². The molecule has 0 saturated carbocycles. The fourth-order valence-electron chi connectivity index (χ4n) is 2.34. The van der Waals surface area contributed by atoms with Crippen LogP contribution in [0, 0.1) is 13.8 Å². The molecule has 4 heteroatoms. The van der Waals surface area contributed by atoms with Crippen molar-refractivity contribution in [1.82, 2.24) is 0 Å². The Bertz CT molecular complexity index is 621. The minimum absolute atomic E-state index is 0.465. The van der Waals surface area contributed by atoms with Gasteiger partial charge in [-0.3, -0.25) is 0 Å². The number of halogens is 1. The average molecular weight is 350 g/mol. The van der Waals surface area contributed by atoms with E-state index in [-0.39, 0.29) is 0 Å². The van der Waals surface area contributed by atoms with Crippen molar-refractivity contribution < 1.29 is 9.47 Å². The van der Waals surface area contributed by atoms with Crippen LogP contribution in [0.3, 0.4) is 0 Å². The Labute approximate surface area is 134 Å². The van der Waals surface area contributed by atoms with Crippen LogP contribution in [-0.4, -0.2) is 7.11 Å². The molecule has 2 aromatic rings. The first kappa shape index (κ1) is 15.9. The Balaban J connectivity index is 2.23. The molecular formula is C17H20BrNO2. The monoisotopic (exact) mass is 349 g/mol. The minimum Gasteiger partial charge on any atom is -0.493 e. The zero-order chi connectivity index (χ0) is 15.4. The van der Waals surface area contributed by atoms with E-state index in [2.05, 4.69) is 48.0 Å². The van der Waals surface area contributed by atoms with Crippen molar-refractivity contribution in [2.45, 2.75) is 27.0 Å². The minimum atomic E-state index is 0.465. The number of methoxy groups -OCH3 is 1. The van der Waals surface area contributed by atoms with Crippen molar-refractivity contribution in [2.75, 3.05) is 7.11 Å². The maximum atomic E-state index is 5.94. The Hall–Kier alpha value is -1.52. The van der Waals surface area contributed by atoms with Gasteiger partial charge >= 0.3 is 0 Å². The number of nitrogens with two attached hydrogens (primary N) is 1. The predicted molar refractivity (Wildman–Crippen MR) is 88.8 cm³/mol. The summed E-state index contributed by atoms with van der Waals surface area (Å²) in [6, 6.07) is 10.3. The van der Waals surface area contributed by atoms with Crippen molar-refractivity contribution in [1.29, 1.82) is 0 Å². The van der Waals surface area contributed by atoms with Crippen LogP contribution in [0.2, 0.25) is 0 Å². The molecule has 0 aromatic heterocycles. The van der Waals surface area contributed by atoms with Crippen LogP contribution in [0.1, 0.15) is 22.3 Å². The third-order valence-electron chi connectivity index (χ3n) is 3.19.